The SMILES string of the molecule is CCNCc1ccc(S(=O)(=O)NC(C)C2CCC2)o1. The molecule has 1 aliphatic carbocycles. The molecule has 2 N–H and O–H groups in total. The Morgan fingerprint density at radius 2 is 2.16 bits per heavy atom. The highest BCUT2D eigenvalue weighted by Gasteiger charge is 2.29. The van der Waals surface area contributed by atoms with E-state index in [1.165, 1.54) is 12.5 Å². The van der Waals surface area contributed by atoms with Crippen LogP contribution >= 0.6 is 0 Å². The Morgan fingerprint density at radius 1 is 1.42 bits per heavy atom. The number of sulfonamides is 1. The van der Waals surface area contributed by atoms with Gasteiger partial charge in [-0.05, 0) is 44.4 Å². The van der Waals surface area contributed by atoms with E-state index in [0.29, 0.717) is 18.2 Å². The van der Waals surface area contributed by atoms with E-state index >= 15 is 0 Å². The van der Waals surface area contributed by atoms with Crippen LogP contribution in [0.25, 0.3) is 0 Å². The van der Waals surface area contributed by atoms with Gasteiger partial charge in [-0.15, -0.1) is 0 Å². The molecule has 1 atom stereocenters. The van der Waals surface area contributed by atoms with Gasteiger partial charge in [-0.1, -0.05) is 13.3 Å². The summed E-state index contributed by atoms with van der Waals surface area (Å²) in [5, 5.41) is 3.10. The van der Waals surface area contributed by atoms with Crippen molar-refractivity contribution in [2.75, 3.05) is 6.54 Å². The lowest BCUT2D eigenvalue weighted by Crippen LogP contribution is -2.40. The Kier molecular flexibility index (Phi) is 4.65. The van der Waals surface area contributed by atoms with Crippen LogP contribution in [0.1, 0.15) is 38.9 Å². The zero-order valence-corrected chi connectivity index (χ0v) is 12.3. The summed E-state index contributed by atoms with van der Waals surface area (Å²) in [6.45, 7) is 5.27. The topological polar surface area (TPSA) is 71.3 Å². The first-order valence-electron chi connectivity index (χ1n) is 6.84. The lowest BCUT2D eigenvalue weighted by Gasteiger charge is -2.31. The number of furan rings is 1. The molecular weight excluding hydrogens is 264 g/mol. The predicted octanol–water partition coefficient (Wildman–Crippen LogP) is 1.86. The molecule has 0 bridgehead atoms. The van der Waals surface area contributed by atoms with Gasteiger partial charge in [0.2, 0.25) is 5.09 Å². The Bertz CT molecular complexity index is 506. The minimum absolute atomic E-state index is 0.00609. The number of nitrogens with one attached hydrogen (secondary N) is 2. The molecule has 19 heavy (non-hydrogen) atoms. The van der Waals surface area contributed by atoms with Crippen molar-refractivity contribution in [2.45, 2.75) is 50.8 Å². The van der Waals surface area contributed by atoms with Gasteiger partial charge in [0.05, 0.1) is 6.54 Å². The fourth-order valence-electron chi connectivity index (χ4n) is 2.18. The molecule has 0 spiro atoms. The zero-order valence-electron chi connectivity index (χ0n) is 11.5. The van der Waals surface area contributed by atoms with E-state index in [-0.39, 0.29) is 11.1 Å². The van der Waals surface area contributed by atoms with E-state index in [2.05, 4.69) is 10.0 Å². The molecule has 0 amide bonds. The van der Waals surface area contributed by atoms with Crippen LogP contribution in [0.3, 0.4) is 0 Å². The van der Waals surface area contributed by atoms with E-state index in [9.17, 15) is 8.42 Å². The van der Waals surface area contributed by atoms with E-state index in [1.807, 2.05) is 13.8 Å². The quantitative estimate of drug-likeness (QED) is 0.802. The Balaban J connectivity index is 1.99. The monoisotopic (exact) mass is 286 g/mol. The van der Waals surface area contributed by atoms with Crippen LogP contribution in [0.2, 0.25) is 0 Å². The van der Waals surface area contributed by atoms with Crippen molar-refractivity contribution in [3.63, 3.8) is 0 Å². The second kappa shape index (κ2) is 6.07. The smallest absolute Gasteiger partial charge is 0.274 e. The van der Waals surface area contributed by atoms with Crippen molar-refractivity contribution in [3.8, 4) is 0 Å². The van der Waals surface area contributed by atoms with Crippen LogP contribution in [0, 0.1) is 5.92 Å². The predicted molar refractivity (Wildman–Crippen MR) is 73.2 cm³/mol. The first-order chi connectivity index (χ1) is 9.03. The molecule has 1 fully saturated rings. The average molecular weight is 286 g/mol. The van der Waals surface area contributed by atoms with Gasteiger partial charge < -0.3 is 9.73 Å². The van der Waals surface area contributed by atoms with Crippen molar-refractivity contribution < 1.29 is 12.8 Å². The van der Waals surface area contributed by atoms with E-state index < -0.39 is 10.0 Å². The van der Waals surface area contributed by atoms with Crippen LogP contribution in [-0.2, 0) is 16.6 Å². The molecule has 0 saturated heterocycles. The van der Waals surface area contributed by atoms with Crippen LogP contribution in [-0.4, -0.2) is 21.0 Å². The maximum Gasteiger partial charge on any atom is 0.274 e. The molecule has 5 nitrogen and oxygen atoms in total. The van der Waals surface area contributed by atoms with Crippen LogP contribution in [0.4, 0.5) is 0 Å². The molecule has 1 saturated carbocycles. The second-order valence-electron chi connectivity index (χ2n) is 5.10. The molecule has 1 aliphatic rings. The normalized spacial score (nSPS) is 18.2. The summed E-state index contributed by atoms with van der Waals surface area (Å²) in [4.78, 5) is 0. The maximum atomic E-state index is 12.1. The van der Waals surface area contributed by atoms with Gasteiger partial charge in [-0.25, -0.2) is 13.1 Å². The van der Waals surface area contributed by atoms with Gasteiger partial charge in [0.1, 0.15) is 5.76 Å². The van der Waals surface area contributed by atoms with E-state index in [4.69, 9.17) is 4.42 Å². The largest absolute Gasteiger partial charge is 0.447 e. The summed E-state index contributed by atoms with van der Waals surface area (Å²) in [7, 11) is -3.53. The number of hydrogen-bond acceptors (Lipinski definition) is 4. The molecule has 2 rings (SSSR count). The third-order valence-electron chi connectivity index (χ3n) is 3.65. The average Bonchev–Trinajstić information content (AvgIpc) is 2.72. The van der Waals surface area contributed by atoms with Crippen molar-refractivity contribution in [1.82, 2.24) is 10.0 Å². The summed E-state index contributed by atoms with van der Waals surface area (Å²) in [5.41, 5.74) is 0. The Hall–Kier alpha value is -0.850. The zero-order chi connectivity index (χ0) is 13.9. The minimum atomic E-state index is -3.53. The summed E-state index contributed by atoms with van der Waals surface area (Å²) in [6.07, 6.45) is 3.41. The van der Waals surface area contributed by atoms with E-state index in [0.717, 1.165) is 19.4 Å². The van der Waals surface area contributed by atoms with Gasteiger partial charge in [-0.3, -0.25) is 0 Å². The van der Waals surface area contributed by atoms with Gasteiger partial charge in [0.25, 0.3) is 10.0 Å². The lowest BCUT2D eigenvalue weighted by atomic mass is 9.81. The van der Waals surface area contributed by atoms with Gasteiger partial charge in [0.15, 0.2) is 0 Å². The first-order valence-corrected chi connectivity index (χ1v) is 8.33. The molecule has 0 aliphatic heterocycles. The molecule has 1 aromatic heterocycles. The van der Waals surface area contributed by atoms with Crippen LogP contribution in [0.5, 0.6) is 0 Å². The third-order valence-corrected chi connectivity index (χ3v) is 5.08. The van der Waals surface area contributed by atoms with Crippen molar-refractivity contribution in [1.29, 1.82) is 0 Å². The summed E-state index contributed by atoms with van der Waals surface area (Å²) in [5.74, 6) is 1.10. The van der Waals surface area contributed by atoms with Crippen molar-refractivity contribution in [2.24, 2.45) is 5.92 Å². The van der Waals surface area contributed by atoms with Gasteiger partial charge in [0, 0.05) is 6.04 Å². The molecular formula is C13H22N2O3S. The Labute approximate surface area is 114 Å². The molecule has 6 heteroatoms. The lowest BCUT2D eigenvalue weighted by molar-refractivity contribution is 0.259. The highest BCUT2D eigenvalue weighted by Crippen LogP contribution is 2.30. The highest BCUT2D eigenvalue weighted by atomic mass is 32.2. The van der Waals surface area contributed by atoms with Crippen LogP contribution < -0.4 is 10.0 Å². The van der Waals surface area contributed by atoms with E-state index in [1.54, 1.807) is 6.07 Å². The fraction of sp³-hybridized carbons (Fsp3) is 0.692. The summed E-state index contributed by atoms with van der Waals surface area (Å²) < 4.78 is 32.4. The fourth-order valence-corrected chi connectivity index (χ4v) is 3.45. The summed E-state index contributed by atoms with van der Waals surface area (Å²) in [6, 6.07) is 3.19. The number of rotatable bonds is 7. The summed E-state index contributed by atoms with van der Waals surface area (Å²) >= 11 is 0. The molecule has 108 valence electrons. The van der Waals surface area contributed by atoms with Crippen LogP contribution in [0.15, 0.2) is 21.6 Å². The first kappa shape index (κ1) is 14.6. The number of hydrogen-bond donors (Lipinski definition) is 2. The Morgan fingerprint density at radius 3 is 2.74 bits per heavy atom. The maximum absolute atomic E-state index is 12.1. The van der Waals surface area contributed by atoms with Crippen molar-refractivity contribution >= 4 is 10.0 Å². The van der Waals surface area contributed by atoms with Crippen molar-refractivity contribution in [3.05, 3.63) is 17.9 Å². The third kappa shape index (κ3) is 3.58. The molecule has 1 unspecified atom stereocenters. The molecule has 1 heterocycles. The van der Waals surface area contributed by atoms with Gasteiger partial charge in [-0.2, -0.15) is 0 Å². The highest BCUT2D eigenvalue weighted by molar-refractivity contribution is 7.89. The second-order valence-corrected chi connectivity index (χ2v) is 6.75. The minimum Gasteiger partial charge on any atom is -0.447 e. The molecule has 0 aromatic carbocycles. The standard InChI is InChI=1S/C13H22N2O3S/c1-3-14-9-12-7-8-13(18-12)19(16,17)15-10(2)11-5-4-6-11/h7-8,10-11,14-15H,3-6,9H2,1-2H3. The molecule has 1 aromatic rings. The molecule has 0 radical (unpaired) electrons. The van der Waals surface area contributed by atoms with Gasteiger partial charge >= 0.3 is 0 Å².